The van der Waals surface area contributed by atoms with E-state index >= 15 is 0 Å². The fourth-order valence-corrected chi connectivity index (χ4v) is 1.89. The topological polar surface area (TPSA) is 72.7 Å². The Balaban J connectivity index is 2.07. The number of nitrogens with zero attached hydrogens (tertiary/aromatic N) is 2. The maximum absolute atomic E-state index is 11.8. The molecule has 6 heteroatoms. The third kappa shape index (κ3) is 3.60. The summed E-state index contributed by atoms with van der Waals surface area (Å²) in [6.07, 6.45) is 0. The standard InChI is InChI=1S/C16H16N2O4/c1-17(2)16(19)13-9-7-12(8-10-13)11-22-15-6-4-3-5-14(15)18(20)21/h3-10H,11H2,1-2H3. The minimum absolute atomic E-state index is 0.0677. The number of carbonyl (C=O) groups is 1. The lowest BCUT2D eigenvalue weighted by atomic mass is 10.1. The molecule has 22 heavy (non-hydrogen) atoms. The first-order valence-corrected chi connectivity index (χ1v) is 6.66. The average molecular weight is 300 g/mol. The highest BCUT2D eigenvalue weighted by Gasteiger charge is 2.13. The van der Waals surface area contributed by atoms with Gasteiger partial charge in [-0.3, -0.25) is 14.9 Å². The van der Waals surface area contributed by atoms with Crippen molar-refractivity contribution in [1.29, 1.82) is 0 Å². The van der Waals surface area contributed by atoms with Gasteiger partial charge >= 0.3 is 5.69 Å². The Labute approximate surface area is 128 Å². The summed E-state index contributed by atoms with van der Waals surface area (Å²) in [5, 5.41) is 10.9. The summed E-state index contributed by atoms with van der Waals surface area (Å²) in [6.45, 7) is 0.196. The second kappa shape index (κ2) is 6.71. The van der Waals surface area contributed by atoms with E-state index in [4.69, 9.17) is 4.74 Å². The molecule has 0 fully saturated rings. The molecule has 0 bridgehead atoms. The SMILES string of the molecule is CN(C)C(=O)c1ccc(COc2ccccc2[N+](=O)[O-])cc1. The highest BCUT2D eigenvalue weighted by atomic mass is 16.6. The van der Waals surface area contributed by atoms with E-state index in [0.717, 1.165) is 5.56 Å². The minimum Gasteiger partial charge on any atom is -0.482 e. The zero-order valence-corrected chi connectivity index (χ0v) is 12.4. The van der Waals surface area contributed by atoms with Gasteiger partial charge in [0.2, 0.25) is 0 Å². The zero-order chi connectivity index (χ0) is 16.1. The lowest BCUT2D eigenvalue weighted by Gasteiger charge is -2.11. The molecule has 0 aliphatic rings. The number of nitro groups is 1. The van der Waals surface area contributed by atoms with Crippen LogP contribution < -0.4 is 4.74 Å². The van der Waals surface area contributed by atoms with Gasteiger partial charge < -0.3 is 9.64 Å². The van der Waals surface area contributed by atoms with Gasteiger partial charge in [-0.05, 0) is 23.8 Å². The smallest absolute Gasteiger partial charge is 0.310 e. The van der Waals surface area contributed by atoms with Crippen molar-refractivity contribution in [2.75, 3.05) is 14.1 Å². The molecule has 1 amide bonds. The Morgan fingerprint density at radius 3 is 2.36 bits per heavy atom. The van der Waals surface area contributed by atoms with Crippen LogP contribution in [0.4, 0.5) is 5.69 Å². The Hall–Kier alpha value is -2.89. The Morgan fingerprint density at radius 1 is 1.14 bits per heavy atom. The molecular formula is C16H16N2O4. The van der Waals surface area contributed by atoms with E-state index < -0.39 is 4.92 Å². The van der Waals surface area contributed by atoms with E-state index in [0.29, 0.717) is 5.56 Å². The quantitative estimate of drug-likeness (QED) is 0.628. The summed E-state index contributed by atoms with van der Waals surface area (Å²) in [4.78, 5) is 23.7. The molecular weight excluding hydrogens is 284 g/mol. The van der Waals surface area contributed by atoms with Gasteiger partial charge in [-0.25, -0.2) is 0 Å². The van der Waals surface area contributed by atoms with Crippen molar-refractivity contribution in [2.24, 2.45) is 0 Å². The van der Waals surface area contributed by atoms with Gasteiger partial charge in [-0.1, -0.05) is 24.3 Å². The number of carbonyl (C=O) groups excluding carboxylic acids is 1. The van der Waals surface area contributed by atoms with E-state index in [9.17, 15) is 14.9 Å². The third-order valence-corrected chi connectivity index (χ3v) is 3.06. The van der Waals surface area contributed by atoms with Gasteiger partial charge in [0.05, 0.1) is 4.92 Å². The molecule has 114 valence electrons. The Kier molecular flexibility index (Phi) is 4.73. The fourth-order valence-electron chi connectivity index (χ4n) is 1.89. The molecule has 0 saturated heterocycles. The van der Waals surface area contributed by atoms with Gasteiger partial charge in [-0.2, -0.15) is 0 Å². The van der Waals surface area contributed by atoms with Crippen molar-refractivity contribution in [2.45, 2.75) is 6.61 Å². The summed E-state index contributed by atoms with van der Waals surface area (Å²) in [5.74, 6) is 0.145. The third-order valence-electron chi connectivity index (χ3n) is 3.06. The monoisotopic (exact) mass is 300 g/mol. The summed E-state index contributed by atoms with van der Waals surface area (Å²) >= 11 is 0. The van der Waals surface area contributed by atoms with Crippen LogP contribution in [-0.2, 0) is 6.61 Å². The first kappa shape index (κ1) is 15.5. The predicted octanol–water partition coefficient (Wildman–Crippen LogP) is 2.88. The molecule has 0 aromatic heterocycles. The molecule has 0 radical (unpaired) electrons. The Morgan fingerprint density at radius 2 is 1.77 bits per heavy atom. The molecule has 2 rings (SSSR count). The maximum atomic E-state index is 11.8. The lowest BCUT2D eigenvalue weighted by Crippen LogP contribution is -2.21. The summed E-state index contributed by atoms with van der Waals surface area (Å²) < 4.78 is 5.50. The van der Waals surface area contributed by atoms with Gasteiger partial charge in [0.1, 0.15) is 6.61 Å². The van der Waals surface area contributed by atoms with Crippen LogP contribution in [0.3, 0.4) is 0 Å². The maximum Gasteiger partial charge on any atom is 0.310 e. The van der Waals surface area contributed by atoms with Crippen LogP contribution >= 0.6 is 0 Å². The molecule has 0 spiro atoms. The van der Waals surface area contributed by atoms with Crippen LogP contribution in [0.15, 0.2) is 48.5 Å². The number of hydrogen-bond donors (Lipinski definition) is 0. The molecule has 0 atom stereocenters. The van der Waals surface area contributed by atoms with E-state index in [2.05, 4.69) is 0 Å². The molecule has 0 saturated carbocycles. The zero-order valence-electron chi connectivity index (χ0n) is 12.4. The number of amides is 1. The van der Waals surface area contributed by atoms with E-state index in [1.165, 1.54) is 11.0 Å². The van der Waals surface area contributed by atoms with Gasteiger partial charge in [0.15, 0.2) is 5.75 Å². The molecule has 0 aliphatic heterocycles. The van der Waals surface area contributed by atoms with Crippen LogP contribution in [0.5, 0.6) is 5.75 Å². The first-order chi connectivity index (χ1) is 10.5. The number of rotatable bonds is 5. The van der Waals surface area contributed by atoms with Crippen LogP contribution in [0.25, 0.3) is 0 Å². The molecule has 0 aliphatic carbocycles. The van der Waals surface area contributed by atoms with Crippen LogP contribution in [0.1, 0.15) is 15.9 Å². The van der Waals surface area contributed by atoms with Crippen molar-refractivity contribution in [3.8, 4) is 5.75 Å². The van der Waals surface area contributed by atoms with Crippen molar-refractivity contribution in [1.82, 2.24) is 4.90 Å². The van der Waals surface area contributed by atoms with Crippen LogP contribution in [0.2, 0.25) is 0 Å². The normalized spacial score (nSPS) is 10.1. The molecule has 6 nitrogen and oxygen atoms in total. The molecule has 2 aromatic rings. The lowest BCUT2D eigenvalue weighted by molar-refractivity contribution is -0.385. The molecule has 0 N–H and O–H groups in total. The van der Waals surface area contributed by atoms with E-state index in [1.54, 1.807) is 56.6 Å². The summed E-state index contributed by atoms with van der Waals surface area (Å²) in [7, 11) is 3.38. The highest BCUT2D eigenvalue weighted by molar-refractivity contribution is 5.93. The number of ether oxygens (including phenoxy) is 1. The number of nitro benzene ring substituents is 1. The second-order valence-corrected chi connectivity index (χ2v) is 4.91. The minimum atomic E-state index is -0.478. The van der Waals surface area contributed by atoms with Crippen LogP contribution in [-0.4, -0.2) is 29.8 Å². The number of hydrogen-bond acceptors (Lipinski definition) is 4. The number of para-hydroxylation sites is 2. The highest BCUT2D eigenvalue weighted by Crippen LogP contribution is 2.26. The summed E-state index contributed by atoms with van der Waals surface area (Å²) in [5.41, 5.74) is 1.34. The molecule has 2 aromatic carbocycles. The number of benzene rings is 2. The van der Waals surface area contributed by atoms with Gasteiger partial charge in [-0.15, -0.1) is 0 Å². The van der Waals surface area contributed by atoms with E-state index in [1.807, 2.05) is 0 Å². The van der Waals surface area contributed by atoms with E-state index in [-0.39, 0.29) is 24.0 Å². The average Bonchev–Trinajstić information content (AvgIpc) is 2.52. The van der Waals surface area contributed by atoms with Gasteiger partial charge in [0, 0.05) is 25.7 Å². The molecule has 0 unspecified atom stereocenters. The molecule has 0 heterocycles. The van der Waals surface area contributed by atoms with Crippen molar-refractivity contribution in [3.05, 3.63) is 69.8 Å². The second-order valence-electron chi connectivity index (χ2n) is 4.91. The van der Waals surface area contributed by atoms with Crippen molar-refractivity contribution in [3.63, 3.8) is 0 Å². The first-order valence-electron chi connectivity index (χ1n) is 6.66. The van der Waals surface area contributed by atoms with Gasteiger partial charge in [0.25, 0.3) is 5.91 Å². The van der Waals surface area contributed by atoms with Crippen molar-refractivity contribution < 1.29 is 14.5 Å². The predicted molar refractivity (Wildman–Crippen MR) is 81.9 cm³/mol. The Bertz CT molecular complexity index is 681. The summed E-state index contributed by atoms with van der Waals surface area (Å²) in [6, 6.07) is 13.2. The van der Waals surface area contributed by atoms with Crippen LogP contribution in [0, 0.1) is 10.1 Å². The largest absolute Gasteiger partial charge is 0.482 e. The van der Waals surface area contributed by atoms with Crippen molar-refractivity contribution >= 4 is 11.6 Å². The fraction of sp³-hybridized carbons (Fsp3) is 0.188.